The summed E-state index contributed by atoms with van der Waals surface area (Å²) >= 11 is 1.68. The van der Waals surface area contributed by atoms with Crippen LogP contribution in [0.5, 0.6) is 0 Å². The van der Waals surface area contributed by atoms with E-state index in [-0.39, 0.29) is 6.61 Å². The van der Waals surface area contributed by atoms with Crippen molar-refractivity contribution >= 4 is 11.8 Å². The van der Waals surface area contributed by atoms with Crippen LogP contribution in [0.4, 0.5) is 0 Å². The Kier molecular flexibility index (Phi) is 3.03. The van der Waals surface area contributed by atoms with Crippen molar-refractivity contribution in [2.24, 2.45) is 0 Å². The average molecular weight is 222 g/mol. The van der Waals surface area contributed by atoms with Crippen molar-refractivity contribution in [1.82, 2.24) is 10.1 Å². The van der Waals surface area contributed by atoms with Gasteiger partial charge in [0.1, 0.15) is 6.61 Å². The minimum atomic E-state index is -0.202. The quantitative estimate of drug-likeness (QED) is 0.804. The summed E-state index contributed by atoms with van der Waals surface area (Å²) in [6, 6.07) is 7.81. The molecular formula is C10H10N2O2S. The second kappa shape index (κ2) is 4.46. The van der Waals surface area contributed by atoms with Gasteiger partial charge in [-0.15, -0.1) is 11.8 Å². The highest BCUT2D eigenvalue weighted by atomic mass is 32.2. The molecule has 15 heavy (non-hydrogen) atoms. The van der Waals surface area contributed by atoms with Gasteiger partial charge in [-0.25, -0.2) is 0 Å². The summed E-state index contributed by atoms with van der Waals surface area (Å²) in [6.45, 7) is -0.202. The average Bonchev–Trinajstić information content (AvgIpc) is 2.78. The van der Waals surface area contributed by atoms with Crippen molar-refractivity contribution in [3.63, 3.8) is 0 Å². The molecule has 1 heterocycles. The fourth-order valence-electron chi connectivity index (χ4n) is 1.17. The van der Waals surface area contributed by atoms with Gasteiger partial charge in [-0.2, -0.15) is 4.98 Å². The first-order valence-corrected chi connectivity index (χ1v) is 5.64. The fraction of sp³-hybridized carbons (Fsp3) is 0.200. The highest BCUT2D eigenvalue weighted by Gasteiger charge is 2.07. The lowest BCUT2D eigenvalue weighted by molar-refractivity contribution is 0.264. The predicted molar refractivity (Wildman–Crippen MR) is 57.4 cm³/mol. The molecule has 0 aliphatic rings. The molecule has 0 amide bonds. The van der Waals surface area contributed by atoms with Gasteiger partial charge in [0.05, 0.1) is 0 Å². The van der Waals surface area contributed by atoms with Crippen LogP contribution in [0.15, 0.2) is 33.7 Å². The number of nitrogens with zero attached hydrogens (tertiary/aromatic N) is 2. The van der Waals surface area contributed by atoms with Gasteiger partial charge in [0.2, 0.25) is 0 Å². The number of thioether (sulfide) groups is 1. The molecule has 2 rings (SSSR count). The summed E-state index contributed by atoms with van der Waals surface area (Å²) in [4.78, 5) is 5.20. The molecule has 0 atom stereocenters. The number of benzene rings is 1. The van der Waals surface area contributed by atoms with E-state index < -0.39 is 0 Å². The number of hydrogen-bond acceptors (Lipinski definition) is 5. The molecule has 0 unspecified atom stereocenters. The highest BCUT2D eigenvalue weighted by molar-refractivity contribution is 7.98. The Hall–Kier alpha value is -1.33. The Labute approximate surface area is 91.3 Å². The molecule has 0 spiro atoms. The smallest absolute Gasteiger partial charge is 0.258 e. The lowest BCUT2D eigenvalue weighted by Gasteiger charge is -1.96. The van der Waals surface area contributed by atoms with Crippen LogP contribution in [0.1, 0.15) is 5.82 Å². The predicted octanol–water partition coefficient (Wildman–Crippen LogP) is 1.95. The van der Waals surface area contributed by atoms with Crippen molar-refractivity contribution in [3.05, 3.63) is 30.1 Å². The molecule has 0 saturated heterocycles. The SMILES string of the molecule is CSc1ccc(-c2nc(CO)no2)cc1. The molecule has 0 fully saturated rings. The number of aromatic nitrogens is 2. The molecule has 78 valence electrons. The Morgan fingerprint density at radius 3 is 2.60 bits per heavy atom. The molecule has 5 heteroatoms. The molecule has 0 saturated carbocycles. The van der Waals surface area contributed by atoms with Gasteiger partial charge in [0.25, 0.3) is 5.89 Å². The zero-order chi connectivity index (χ0) is 10.7. The zero-order valence-corrected chi connectivity index (χ0v) is 8.99. The fourth-order valence-corrected chi connectivity index (χ4v) is 1.58. The van der Waals surface area contributed by atoms with Crippen LogP contribution in [0, 0.1) is 0 Å². The molecule has 1 aromatic heterocycles. The van der Waals surface area contributed by atoms with Gasteiger partial charge in [-0.3, -0.25) is 0 Å². The Morgan fingerprint density at radius 2 is 2.07 bits per heavy atom. The van der Waals surface area contributed by atoms with Crippen LogP contribution >= 0.6 is 11.8 Å². The van der Waals surface area contributed by atoms with Crippen molar-refractivity contribution in [2.75, 3.05) is 6.26 Å². The number of rotatable bonds is 3. The van der Waals surface area contributed by atoms with Crippen molar-refractivity contribution < 1.29 is 9.63 Å². The van der Waals surface area contributed by atoms with Gasteiger partial charge >= 0.3 is 0 Å². The maximum Gasteiger partial charge on any atom is 0.258 e. The van der Waals surface area contributed by atoms with Crippen LogP contribution in [0.3, 0.4) is 0 Å². The molecule has 0 aliphatic carbocycles. The zero-order valence-electron chi connectivity index (χ0n) is 8.17. The number of aliphatic hydroxyl groups is 1. The van der Waals surface area contributed by atoms with Gasteiger partial charge in [-0.05, 0) is 30.5 Å². The summed E-state index contributed by atoms with van der Waals surface area (Å²) in [5.74, 6) is 0.741. The van der Waals surface area contributed by atoms with E-state index in [4.69, 9.17) is 9.63 Å². The Morgan fingerprint density at radius 1 is 1.33 bits per heavy atom. The van der Waals surface area contributed by atoms with Gasteiger partial charge in [0, 0.05) is 10.5 Å². The lowest BCUT2D eigenvalue weighted by Crippen LogP contribution is -1.84. The second-order valence-electron chi connectivity index (χ2n) is 2.90. The van der Waals surface area contributed by atoms with Crippen LogP contribution in [0.2, 0.25) is 0 Å². The number of hydrogen-bond donors (Lipinski definition) is 1. The van der Waals surface area contributed by atoms with E-state index in [1.807, 2.05) is 30.5 Å². The second-order valence-corrected chi connectivity index (χ2v) is 3.78. The minimum absolute atomic E-state index is 0.202. The maximum atomic E-state index is 8.79. The van der Waals surface area contributed by atoms with E-state index in [9.17, 15) is 0 Å². The molecule has 2 aromatic rings. The van der Waals surface area contributed by atoms with Crippen molar-refractivity contribution in [1.29, 1.82) is 0 Å². The van der Waals surface area contributed by atoms with E-state index in [1.54, 1.807) is 11.8 Å². The van der Waals surface area contributed by atoms with Crippen LogP contribution in [0.25, 0.3) is 11.5 Å². The molecule has 0 bridgehead atoms. The monoisotopic (exact) mass is 222 g/mol. The summed E-state index contributed by atoms with van der Waals surface area (Å²) < 4.78 is 4.99. The van der Waals surface area contributed by atoms with Crippen LogP contribution < -0.4 is 0 Å². The summed E-state index contributed by atoms with van der Waals surface area (Å²) in [7, 11) is 0. The molecule has 0 aliphatic heterocycles. The first-order chi connectivity index (χ1) is 7.33. The maximum absolute atomic E-state index is 8.79. The standard InChI is InChI=1S/C10H10N2O2S/c1-15-8-4-2-7(3-5-8)10-11-9(6-13)12-14-10/h2-5,13H,6H2,1H3. The summed E-state index contributed by atoms with van der Waals surface area (Å²) in [6.07, 6.45) is 2.02. The third-order valence-electron chi connectivity index (χ3n) is 1.95. The normalized spacial score (nSPS) is 10.5. The summed E-state index contributed by atoms with van der Waals surface area (Å²) in [5.41, 5.74) is 0.861. The van der Waals surface area contributed by atoms with Gasteiger partial charge < -0.3 is 9.63 Å². The molecule has 1 aromatic carbocycles. The largest absolute Gasteiger partial charge is 0.388 e. The van der Waals surface area contributed by atoms with E-state index in [1.165, 1.54) is 4.90 Å². The molecule has 0 radical (unpaired) electrons. The topological polar surface area (TPSA) is 59.2 Å². The van der Waals surface area contributed by atoms with E-state index in [0.29, 0.717) is 11.7 Å². The molecular weight excluding hydrogens is 212 g/mol. The third kappa shape index (κ3) is 2.19. The van der Waals surface area contributed by atoms with Crippen molar-refractivity contribution in [2.45, 2.75) is 11.5 Å². The van der Waals surface area contributed by atoms with Crippen molar-refractivity contribution in [3.8, 4) is 11.5 Å². The molecule has 4 nitrogen and oxygen atoms in total. The first kappa shape index (κ1) is 10.2. The first-order valence-electron chi connectivity index (χ1n) is 4.41. The van der Waals surface area contributed by atoms with Crippen LogP contribution in [-0.2, 0) is 6.61 Å². The third-order valence-corrected chi connectivity index (χ3v) is 2.69. The molecule has 1 N–H and O–H groups in total. The lowest BCUT2D eigenvalue weighted by atomic mass is 10.2. The highest BCUT2D eigenvalue weighted by Crippen LogP contribution is 2.21. The summed E-state index contributed by atoms with van der Waals surface area (Å²) in [5, 5.41) is 12.4. The Bertz CT molecular complexity index is 439. The van der Waals surface area contributed by atoms with Gasteiger partial charge in [-0.1, -0.05) is 5.16 Å². The van der Waals surface area contributed by atoms with E-state index >= 15 is 0 Å². The van der Waals surface area contributed by atoms with E-state index in [2.05, 4.69) is 10.1 Å². The van der Waals surface area contributed by atoms with Crippen LogP contribution in [-0.4, -0.2) is 21.5 Å². The van der Waals surface area contributed by atoms with Gasteiger partial charge in [0.15, 0.2) is 5.82 Å². The van der Waals surface area contributed by atoms with E-state index in [0.717, 1.165) is 5.56 Å². The number of aliphatic hydroxyl groups excluding tert-OH is 1. The minimum Gasteiger partial charge on any atom is -0.388 e. The Balaban J connectivity index is 2.28.